The van der Waals surface area contributed by atoms with Gasteiger partial charge in [0.25, 0.3) is 0 Å². The van der Waals surface area contributed by atoms with Gasteiger partial charge in [-0.15, -0.1) is 0 Å². The molecular formula is C15H22F2N2O2. The maximum absolute atomic E-state index is 12.4. The van der Waals surface area contributed by atoms with E-state index in [4.69, 9.17) is 0 Å². The number of hydrogen-bond acceptors (Lipinski definition) is 3. The van der Waals surface area contributed by atoms with Crippen molar-refractivity contribution < 1.29 is 18.3 Å². The Labute approximate surface area is 123 Å². The zero-order valence-electron chi connectivity index (χ0n) is 12.4. The molecule has 1 amide bonds. The molecule has 1 aromatic rings. The van der Waals surface area contributed by atoms with Crippen LogP contribution >= 0.6 is 0 Å². The molecule has 4 nitrogen and oxygen atoms in total. The molecule has 0 saturated heterocycles. The maximum Gasteiger partial charge on any atom is 0.387 e. The molecule has 0 spiro atoms. The lowest BCUT2D eigenvalue weighted by molar-refractivity contribution is -0.122. The summed E-state index contributed by atoms with van der Waals surface area (Å²) in [5.41, 5.74) is 0.572. The molecule has 1 unspecified atom stereocenters. The van der Waals surface area contributed by atoms with Crippen LogP contribution in [0.4, 0.5) is 8.78 Å². The summed E-state index contributed by atoms with van der Waals surface area (Å²) in [6.07, 6.45) is 1.73. The van der Waals surface area contributed by atoms with E-state index in [0.29, 0.717) is 18.4 Å². The van der Waals surface area contributed by atoms with Crippen molar-refractivity contribution in [2.75, 3.05) is 13.6 Å². The minimum absolute atomic E-state index is 0.0936. The zero-order valence-corrected chi connectivity index (χ0v) is 12.4. The number of amides is 1. The number of rotatable bonds is 9. The number of hydrogen-bond donors (Lipinski definition) is 2. The number of ether oxygens (including phenoxy) is 1. The molecule has 0 fully saturated rings. The Bertz CT molecular complexity index is 441. The van der Waals surface area contributed by atoms with Gasteiger partial charge in [-0.3, -0.25) is 4.79 Å². The predicted octanol–water partition coefficient (Wildman–Crippen LogP) is 2.85. The summed E-state index contributed by atoms with van der Waals surface area (Å²) in [5, 5.41) is 5.83. The van der Waals surface area contributed by atoms with Crippen LogP contribution < -0.4 is 15.4 Å². The number of alkyl halides is 2. The van der Waals surface area contributed by atoms with Crippen LogP contribution in [0.3, 0.4) is 0 Å². The summed E-state index contributed by atoms with van der Waals surface area (Å²) in [7, 11) is 1.82. The summed E-state index contributed by atoms with van der Waals surface area (Å²) in [5.74, 6) is 0.0128. The average molecular weight is 300 g/mol. The Kier molecular flexibility index (Phi) is 7.68. The third-order valence-electron chi connectivity index (χ3n) is 3.08. The Morgan fingerprint density at radius 2 is 2.05 bits per heavy atom. The smallest absolute Gasteiger partial charge is 0.387 e. The fourth-order valence-corrected chi connectivity index (χ4v) is 2.06. The Hall–Kier alpha value is -1.69. The summed E-state index contributed by atoms with van der Waals surface area (Å²) in [6.45, 7) is -0.234. The van der Waals surface area contributed by atoms with Crippen LogP contribution in [0, 0.1) is 0 Å². The van der Waals surface area contributed by atoms with Gasteiger partial charge in [-0.1, -0.05) is 25.1 Å². The van der Waals surface area contributed by atoms with E-state index in [1.54, 1.807) is 18.2 Å². The van der Waals surface area contributed by atoms with Gasteiger partial charge in [0.05, 0.1) is 6.04 Å². The molecule has 0 aliphatic rings. The van der Waals surface area contributed by atoms with Gasteiger partial charge in [-0.25, -0.2) is 0 Å². The fourth-order valence-electron chi connectivity index (χ4n) is 2.06. The van der Waals surface area contributed by atoms with E-state index in [-0.39, 0.29) is 17.7 Å². The fraction of sp³-hybridized carbons (Fsp3) is 0.533. The zero-order chi connectivity index (χ0) is 15.7. The molecule has 0 heterocycles. The number of benzene rings is 1. The predicted molar refractivity (Wildman–Crippen MR) is 77.4 cm³/mol. The lowest BCUT2D eigenvalue weighted by Gasteiger charge is -2.20. The molecule has 6 heteroatoms. The highest BCUT2D eigenvalue weighted by Crippen LogP contribution is 2.28. The van der Waals surface area contributed by atoms with Crippen LogP contribution in [0.25, 0.3) is 0 Å². The second-order valence-electron chi connectivity index (χ2n) is 4.65. The molecule has 2 N–H and O–H groups in total. The molecular weight excluding hydrogens is 278 g/mol. The van der Waals surface area contributed by atoms with Crippen molar-refractivity contribution in [2.24, 2.45) is 0 Å². The third kappa shape index (κ3) is 6.08. The molecule has 0 aliphatic heterocycles. The number of carbonyl (C=O) groups is 1. The Morgan fingerprint density at radius 3 is 2.67 bits per heavy atom. The molecule has 0 aliphatic carbocycles. The van der Waals surface area contributed by atoms with Crippen LogP contribution in [0.5, 0.6) is 5.75 Å². The molecule has 21 heavy (non-hydrogen) atoms. The quantitative estimate of drug-likeness (QED) is 0.690. The van der Waals surface area contributed by atoms with E-state index in [1.807, 2.05) is 14.0 Å². The highest BCUT2D eigenvalue weighted by Gasteiger charge is 2.18. The monoisotopic (exact) mass is 300 g/mol. The first-order valence-electron chi connectivity index (χ1n) is 7.06. The average Bonchev–Trinajstić information content (AvgIpc) is 2.45. The lowest BCUT2D eigenvalue weighted by Crippen LogP contribution is -2.29. The normalized spacial score (nSPS) is 12.2. The van der Waals surface area contributed by atoms with Crippen molar-refractivity contribution in [3.63, 3.8) is 0 Å². The summed E-state index contributed by atoms with van der Waals surface area (Å²) in [6, 6.07) is 6.21. The molecule has 118 valence electrons. The highest BCUT2D eigenvalue weighted by molar-refractivity contribution is 5.76. The van der Waals surface area contributed by atoms with E-state index in [0.717, 1.165) is 13.0 Å². The van der Waals surface area contributed by atoms with Crippen LogP contribution in [0.2, 0.25) is 0 Å². The minimum atomic E-state index is -2.88. The minimum Gasteiger partial charge on any atom is -0.434 e. The maximum atomic E-state index is 12.4. The van der Waals surface area contributed by atoms with Gasteiger partial charge in [0.2, 0.25) is 5.91 Å². The first-order valence-corrected chi connectivity index (χ1v) is 7.06. The van der Waals surface area contributed by atoms with Gasteiger partial charge in [0.1, 0.15) is 5.75 Å². The van der Waals surface area contributed by atoms with Crippen LogP contribution in [0.1, 0.15) is 37.8 Å². The molecule has 1 atom stereocenters. The number of para-hydroxylation sites is 1. The molecule has 1 rings (SSSR count). The van der Waals surface area contributed by atoms with Gasteiger partial charge in [-0.05, 0) is 32.5 Å². The highest BCUT2D eigenvalue weighted by atomic mass is 19.3. The summed E-state index contributed by atoms with van der Waals surface area (Å²) in [4.78, 5) is 11.9. The molecule has 0 bridgehead atoms. The first kappa shape index (κ1) is 17.4. The van der Waals surface area contributed by atoms with Gasteiger partial charge in [0, 0.05) is 12.0 Å². The topological polar surface area (TPSA) is 50.4 Å². The van der Waals surface area contributed by atoms with Crippen molar-refractivity contribution in [3.8, 4) is 5.75 Å². The standard InChI is InChI=1S/C15H22F2N2O2/c1-3-12(19-14(20)9-6-10-18-2)11-7-4-5-8-13(11)21-15(16)17/h4-5,7-8,12,15,18H,3,6,9-10H2,1-2H3,(H,19,20). The second-order valence-corrected chi connectivity index (χ2v) is 4.65. The number of halogens is 2. The largest absolute Gasteiger partial charge is 0.434 e. The van der Waals surface area contributed by atoms with Crippen molar-refractivity contribution in [2.45, 2.75) is 38.8 Å². The van der Waals surface area contributed by atoms with Crippen molar-refractivity contribution >= 4 is 5.91 Å². The first-order chi connectivity index (χ1) is 10.1. The van der Waals surface area contributed by atoms with E-state index < -0.39 is 6.61 Å². The Balaban J connectivity index is 2.73. The van der Waals surface area contributed by atoms with Crippen molar-refractivity contribution in [1.82, 2.24) is 10.6 Å². The van der Waals surface area contributed by atoms with Gasteiger partial charge < -0.3 is 15.4 Å². The Morgan fingerprint density at radius 1 is 1.33 bits per heavy atom. The third-order valence-corrected chi connectivity index (χ3v) is 3.08. The van der Waals surface area contributed by atoms with E-state index >= 15 is 0 Å². The van der Waals surface area contributed by atoms with Crippen LogP contribution in [-0.4, -0.2) is 26.1 Å². The summed E-state index contributed by atoms with van der Waals surface area (Å²) < 4.78 is 29.4. The molecule has 1 aromatic carbocycles. The van der Waals surface area contributed by atoms with Crippen LogP contribution in [-0.2, 0) is 4.79 Å². The SMILES string of the molecule is CCC(NC(=O)CCCNC)c1ccccc1OC(F)F. The van der Waals surface area contributed by atoms with Gasteiger partial charge >= 0.3 is 6.61 Å². The molecule has 0 aromatic heterocycles. The molecule has 0 saturated carbocycles. The second kappa shape index (κ2) is 9.28. The van der Waals surface area contributed by atoms with E-state index in [9.17, 15) is 13.6 Å². The van der Waals surface area contributed by atoms with Gasteiger partial charge in [0.15, 0.2) is 0 Å². The number of nitrogens with one attached hydrogen (secondary N) is 2. The van der Waals surface area contributed by atoms with E-state index in [1.165, 1.54) is 6.07 Å². The van der Waals surface area contributed by atoms with Gasteiger partial charge in [-0.2, -0.15) is 8.78 Å². The van der Waals surface area contributed by atoms with Crippen LogP contribution in [0.15, 0.2) is 24.3 Å². The summed E-state index contributed by atoms with van der Waals surface area (Å²) >= 11 is 0. The number of carbonyl (C=O) groups excluding carboxylic acids is 1. The lowest BCUT2D eigenvalue weighted by atomic mass is 10.0. The molecule has 0 radical (unpaired) electrons. The van der Waals surface area contributed by atoms with E-state index in [2.05, 4.69) is 15.4 Å². The van der Waals surface area contributed by atoms with Crippen molar-refractivity contribution in [3.05, 3.63) is 29.8 Å². The van der Waals surface area contributed by atoms with Crippen molar-refractivity contribution in [1.29, 1.82) is 0 Å².